The Balaban J connectivity index is 1.82. The van der Waals surface area contributed by atoms with E-state index >= 15 is 0 Å². The maximum absolute atomic E-state index is 8.82. The van der Waals surface area contributed by atoms with Crippen LogP contribution in [0, 0.1) is 0 Å². The second kappa shape index (κ2) is 7.38. The van der Waals surface area contributed by atoms with Gasteiger partial charge in [-0.2, -0.15) is 0 Å². The van der Waals surface area contributed by atoms with E-state index in [0.717, 1.165) is 22.7 Å². The van der Waals surface area contributed by atoms with Crippen molar-refractivity contribution in [1.82, 2.24) is 20.3 Å². The molecule has 0 fully saturated rings. The van der Waals surface area contributed by atoms with E-state index in [9.17, 15) is 0 Å². The van der Waals surface area contributed by atoms with Crippen LogP contribution in [0.4, 0.5) is 0 Å². The summed E-state index contributed by atoms with van der Waals surface area (Å²) in [5.74, 6) is 0. The van der Waals surface area contributed by atoms with E-state index in [1.807, 2.05) is 30.5 Å². The van der Waals surface area contributed by atoms with Gasteiger partial charge in [0.1, 0.15) is 0 Å². The number of hydrogen-bond acceptors (Lipinski definition) is 4. The highest BCUT2D eigenvalue weighted by atomic mass is 35.5. The molecule has 2 aromatic rings. The summed E-state index contributed by atoms with van der Waals surface area (Å²) in [7, 11) is 0. The number of nitrogens with one attached hydrogen (secondary N) is 1. The average Bonchev–Trinajstić information content (AvgIpc) is 2.87. The Morgan fingerprint density at radius 1 is 1.40 bits per heavy atom. The molecule has 1 aromatic carbocycles. The molecule has 1 aromatic heterocycles. The highest BCUT2D eigenvalue weighted by Crippen LogP contribution is 2.16. The topological polar surface area (TPSA) is 63.0 Å². The van der Waals surface area contributed by atoms with Crippen LogP contribution in [0.1, 0.15) is 18.2 Å². The van der Waals surface area contributed by atoms with E-state index in [0.29, 0.717) is 13.1 Å². The molecule has 2 N–H and O–H groups in total. The lowest BCUT2D eigenvalue weighted by Gasteiger charge is -2.13. The second-order valence-corrected chi connectivity index (χ2v) is 5.18. The molecule has 0 spiro atoms. The molecule has 1 atom stereocenters. The lowest BCUT2D eigenvalue weighted by Crippen LogP contribution is -2.27. The number of hydrogen-bond donors (Lipinski definition) is 2. The molecule has 2 rings (SSSR count). The summed E-state index contributed by atoms with van der Waals surface area (Å²) in [5, 5.41) is 21.0. The SMILES string of the molecule is CC(Cc1ccccc1Cl)NCc1cn(CCO)nn1. The minimum atomic E-state index is 0.0686. The molecule has 6 heteroatoms. The third-order valence-corrected chi connectivity index (χ3v) is 3.40. The van der Waals surface area contributed by atoms with E-state index in [1.165, 1.54) is 0 Å². The first-order chi connectivity index (χ1) is 9.69. The van der Waals surface area contributed by atoms with Crippen LogP contribution in [0.15, 0.2) is 30.5 Å². The van der Waals surface area contributed by atoms with E-state index in [2.05, 4.69) is 22.6 Å². The summed E-state index contributed by atoms with van der Waals surface area (Å²) in [5.41, 5.74) is 2.00. The van der Waals surface area contributed by atoms with Crippen LogP contribution in [0.2, 0.25) is 5.02 Å². The van der Waals surface area contributed by atoms with Crippen molar-refractivity contribution in [2.45, 2.75) is 32.5 Å². The average molecular weight is 295 g/mol. The van der Waals surface area contributed by atoms with Crippen molar-refractivity contribution in [1.29, 1.82) is 0 Å². The van der Waals surface area contributed by atoms with Gasteiger partial charge in [-0.3, -0.25) is 0 Å². The molecule has 20 heavy (non-hydrogen) atoms. The second-order valence-electron chi connectivity index (χ2n) is 4.77. The molecular weight excluding hydrogens is 276 g/mol. The van der Waals surface area contributed by atoms with Crippen LogP contribution >= 0.6 is 11.6 Å². The molecule has 0 aliphatic carbocycles. The maximum Gasteiger partial charge on any atom is 0.0964 e. The molecule has 0 bridgehead atoms. The minimum Gasteiger partial charge on any atom is -0.394 e. The number of rotatable bonds is 7. The predicted molar refractivity (Wildman–Crippen MR) is 78.6 cm³/mol. The molecule has 5 nitrogen and oxygen atoms in total. The standard InChI is InChI=1S/C14H19ClN4O/c1-11(8-12-4-2-3-5-14(12)15)16-9-13-10-19(6-7-20)18-17-13/h2-5,10-11,16,20H,6-9H2,1H3. The Kier molecular flexibility index (Phi) is 5.52. The van der Waals surface area contributed by atoms with Gasteiger partial charge < -0.3 is 10.4 Å². The fourth-order valence-corrected chi connectivity index (χ4v) is 2.19. The van der Waals surface area contributed by atoms with Crippen molar-refractivity contribution in [2.24, 2.45) is 0 Å². The zero-order chi connectivity index (χ0) is 14.4. The largest absolute Gasteiger partial charge is 0.394 e. The lowest BCUT2D eigenvalue weighted by molar-refractivity contribution is 0.268. The van der Waals surface area contributed by atoms with Crippen LogP contribution < -0.4 is 5.32 Å². The molecule has 0 saturated carbocycles. The summed E-state index contributed by atoms with van der Waals surface area (Å²) in [6.45, 7) is 3.31. The number of aliphatic hydroxyl groups is 1. The quantitative estimate of drug-likeness (QED) is 0.815. The van der Waals surface area contributed by atoms with Gasteiger partial charge in [0.05, 0.1) is 18.8 Å². The van der Waals surface area contributed by atoms with Gasteiger partial charge in [0.2, 0.25) is 0 Å². The molecule has 0 aliphatic rings. The summed E-state index contributed by atoms with van der Waals surface area (Å²) >= 11 is 6.15. The van der Waals surface area contributed by atoms with Gasteiger partial charge in [0.15, 0.2) is 0 Å². The fourth-order valence-electron chi connectivity index (χ4n) is 1.98. The van der Waals surface area contributed by atoms with Crippen molar-refractivity contribution in [3.05, 3.63) is 46.7 Å². The van der Waals surface area contributed by atoms with Crippen molar-refractivity contribution >= 4 is 11.6 Å². The summed E-state index contributed by atoms with van der Waals surface area (Å²) in [6.07, 6.45) is 2.70. The van der Waals surface area contributed by atoms with Crippen molar-refractivity contribution in [3.8, 4) is 0 Å². The van der Waals surface area contributed by atoms with Gasteiger partial charge in [-0.05, 0) is 25.0 Å². The highest BCUT2D eigenvalue weighted by Gasteiger charge is 2.07. The zero-order valence-electron chi connectivity index (χ0n) is 11.5. The first kappa shape index (κ1) is 15.0. The van der Waals surface area contributed by atoms with Crippen molar-refractivity contribution in [2.75, 3.05) is 6.61 Å². The fraction of sp³-hybridized carbons (Fsp3) is 0.429. The normalized spacial score (nSPS) is 12.6. The summed E-state index contributed by atoms with van der Waals surface area (Å²) in [6, 6.07) is 8.16. The molecule has 1 unspecified atom stereocenters. The van der Waals surface area contributed by atoms with Crippen LogP contribution in [0.5, 0.6) is 0 Å². The third-order valence-electron chi connectivity index (χ3n) is 3.03. The highest BCUT2D eigenvalue weighted by molar-refractivity contribution is 6.31. The lowest BCUT2D eigenvalue weighted by atomic mass is 10.1. The molecule has 0 radical (unpaired) electrons. The van der Waals surface area contributed by atoms with Crippen LogP contribution in [-0.2, 0) is 19.5 Å². The first-order valence-electron chi connectivity index (χ1n) is 6.65. The van der Waals surface area contributed by atoms with Gasteiger partial charge in [-0.1, -0.05) is 35.0 Å². The third kappa shape index (κ3) is 4.30. The Morgan fingerprint density at radius 2 is 2.20 bits per heavy atom. The summed E-state index contributed by atoms with van der Waals surface area (Å²) in [4.78, 5) is 0. The van der Waals surface area contributed by atoms with Gasteiger partial charge >= 0.3 is 0 Å². The number of benzene rings is 1. The summed E-state index contributed by atoms with van der Waals surface area (Å²) < 4.78 is 1.63. The minimum absolute atomic E-state index is 0.0686. The van der Waals surface area contributed by atoms with E-state index < -0.39 is 0 Å². The van der Waals surface area contributed by atoms with Crippen molar-refractivity contribution in [3.63, 3.8) is 0 Å². The van der Waals surface area contributed by atoms with Gasteiger partial charge in [0, 0.05) is 23.8 Å². The monoisotopic (exact) mass is 294 g/mol. The number of aromatic nitrogens is 3. The molecule has 0 amide bonds. The van der Waals surface area contributed by atoms with Gasteiger partial charge in [-0.15, -0.1) is 5.10 Å². The van der Waals surface area contributed by atoms with E-state index in [1.54, 1.807) is 4.68 Å². The predicted octanol–water partition coefficient (Wildman–Crippen LogP) is 1.64. The zero-order valence-corrected chi connectivity index (χ0v) is 12.2. The molecule has 1 heterocycles. The van der Waals surface area contributed by atoms with Crippen LogP contribution in [0.3, 0.4) is 0 Å². The van der Waals surface area contributed by atoms with Crippen LogP contribution in [-0.4, -0.2) is 32.7 Å². The Morgan fingerprint density at radius 3 is 2.95 bits per heavy atom. The smallest absolute Gasteiger partial charge is 0.0964 e. The molecular formula is C14H19ClN4O. The Bertz CT molecular complexity index is 543. The number of nitrogens with zero attached hydrogens (tertiary/aromatic N) is 3. The Labute approximate surface area is 123 Å². The van der Waals surface area contributed by atoms with Gasteiger partial charge in [-0.25, -0.2) is 4.68 Å². The maximum atomic E-state index is 8.82. The number of halogens is 1. The molecule has 108 valence electrons. The van der Waals surface area contributed by atoms with Gasteiger partial charge in [0.25, 0.3) is 0 Å². The Hall–Kier alpha value is -1.43. The van der Waals surface area contributed by atoms with Crippen molar-refractivity contribution < 1.29 is 5.11 Å². The van der Waals surface area contributed by atoms with E-state index in [-0.39, 0.29) is 12.6 Å². The first-order valence-corrected chi connectivity index (χ1v) is 7.03. The van der Waals surface area contributed by atoms with Crippen LogP contribution in [0.25, 0.3) is 0 Å². The van der Waals surface area contributed by atoms with E-state index in [4.69, 9.17) is 16.7 Å². The molecule has 0 saturated heterocycles. The number of aliphatic hydroxyl groups excluding tert-OH is 1. The molecule has 0 aliphatic heterocycles.